The highest BCUT2D eigenvalue weighted by molar-refractivity contribution is 7.83. The van der Waals surface area contributed by atoms with Gasteiger partial charge in [0.25, 0.3) is 5.91 Å². The van der Waals surface area contributed by atoms with Crippen LogP contribution in [0.5, 0.6) is 0 Å². The van der Waals surface area contributed by atoms with Gasteiger partial charge < -0.3 is 5.32 Å². The molecule has 1 amide bonds. The number of anilines is 1. The van der Waals surface area contributed by atoms with Gasteiger partial charge in [-0.1, -0.05) is 35.3 Å². The molecule has 0 spiro atoms. The molecule has 5 nitrogen and oxygen atoms in total. The summed E-state index contributed by atoms with van der Waals surface area (Å²) >= 11 is 12.1. The van der Waals surface area contributed by atoms with E-state index in [4.69, 9.17) is 23.2 Å². The van der Waals surface area contributed by atoms with Gasteiger partial charge in [0, 0.05) is 21.4 Å². The molecule has 4 rings (SSSR count). The normalized spacial score (nSPS) is 15.6. The fraction of sp³-hybridized carbons (Fsp3) is 0.111. The van der Waals surface area contributed by atoms with E-state index < -0.39 is 22.5 Å². The average molecular weight is 424 g/mol. The van der Waals surface area contributed by atoms with Crippen molar-refractivity contribution in [1.29, 1.82) is 0 Å². The molecule has 0 aliphatic carbocycles. The number of rotatable bonds is 3. The Morgan fingerprint density at radius 1 is 1.19 bits per heavy atom. The molecule has 1 atom stereocenters. The van der Waals surface area contributed by atoms with Crippen LogP contribution in [0.25, 0.3) is 5.69 Å². The number of hydrogen-bond donors (Lipinski definition) is 1. The van der Waals surface area contributed by atoms with Crippen LogP contribution in [0.3, 0.4) is 0 Å². The highest BCUT2D eigenvalue weighted by atomic mass is 35.5. The molecule has 0 saturated heterocycles. The summed E-state index contributed by atoms with van der Waals surface area (Å²) in [5.74, 6) is -0.541. The lowest BCUT2D eigenvalue weighted by Crippen LogP contribution is -2.18. The topological polar surface area (TPSA) is 64.0 Å². The van der Waals surface area contributed by atoms with Crippen molar-refractivity contribution in [1.82, 2.24) is 9.78 Å². The van der Waals surface area contributed by atoms with Crippen LogP contribution in [0.15, 0.2) is 42.5 Å². The Morgan fingerprint density at radius 3 is 2.70 bits per heavy atom. The quantitative estimate of drug-likeness (QED) is 0.681. The Labute approximate surface area is 166 Å². The Kier molecular flexibility index (Phi) is 4.75. The Bertz CT molecular complexity index is 1080. The van der Waals surface area contributed by atoms with Gasteiger partial charge in [0.2, 0.25) is 0 Å². The van der Waals surface area contributed by atoms with Crippen LogP contribution in [-0.2, 0) is 22.3 Å². The van der Waals surface area contributed by atoms with Crippen molar-refractivity contribution in [2.75, 3.05) is 5.32 Å². The first-order valence-electron chi connectivity index (χ1n) is 7.91. The van der Waals surface area contributed by atoms with Gasteiger partial charge in [0.05, 0.1) is 33.5 Å². The molecule has 1 unspecified atom stereocenters. The van der Waals surface area contributed by atoms with Gasteiger partial charge in [-0.25, -0.2) is 9.07 Å². The highest BCUT2D eigenvalue weighted by Crippen LogP contribution is 2.32. The molecule has 1 aliphatic rings. The second-order valence-electron chi connectivity index (χ2n) is 5.94. The van der Waals surface area contributed by atoms with Crippen LogP contribution in [0.2, 0.25) is 10.0 Å². The Morgan fingerprint density at radius 2 is 1.96 bits per heavy atom. The molecule has 2 heterocycles. The molecule has 0 bridgehead atoms. The molecule has 9 heteroatoms. The van der Waals surface area contributed by atoms with Crippen molar-refractivity contribution in [3.8, 4) is 5.69 Å². The van der Waals surface area contributed by atoms with Gasteiger partial charge in [-0.3, -0.25) is 9.00 Å². The van der Waals surface area contributed by atoms with Crippen molar-refractivity contribution in [2.45, 2.75) is 11.5 Å². The van der Waals surface area contributed by atoms with E-state index in [-0.39, 0.29) is 16.3 Å². The van der Waals surface area contributed by atoms with Gasteiger partial charge in [-0.15, -0.1) is 0 Å². The second kappa shape index (κ2) is 7.07. The number of carbonyl (C=O) groups excluding carboxylic acids is 1. The molecule has 0 radical (unpaired) electrons. The van der Waals surface area contributed by atoms with Crippen LogP contribution >= 0.6 is 23.2 Å². The lowest BCUT2D eigenvalue weighted by Gasteiger charge is -2.12. The van der Waals surface area contributed by atoms with Crippen LogP contribution in [0.4, 0.5) is 10.2 Å². The molecule has 27 heavy (non-hydrogen) atoms. The van der Waals surface area contributed by atoms with Crippen molar-refractivity contribution >= 4 is 45.7 Å². The SMILES string of the molecule is O=C(Nc1c2c(nn1-c1cccc(Cl)c1)CS(=O)C2)c1c(F)cccc1Cl. The third-order valence-corrected chi connectivity index (χ3v) is 5.90. The summed E-state index contributed by atoms with van der Waals surface area (Å²) in [6.45, 7) is 0. The minimum atomic E-state index is -1.09. The molecule has 0 fully saturated rings. The van der Waals surface area contributed by atoms with E-state index in [1.807, 2.05) is 0 Å². The van der Waals surface area contributed by atoms with E-state index in [0.29, 0.717) is 33.5 Å². The van der Waals surface area contributed by atoms with Crippen molar-refractivity contribution < 1.29 is 13.4 Å². The summed E-state index contributed by atoms with van der Waals surface area (Å²) < 4.78 is 27.5. The first-order valence-corrected chi connectivity index (χ1v) is 10.2. The maximum Gasteiger partial charge on any atom is 0.261 e. The number of carbonyl (C=O) groups is 1. The summed E-state index contributed by atoms with van der Waals surface area (Å²) in [5.41, 5.74) is 1.65. The zero-order chi connectivity index (χ0) is 19.1. The van der Waals surface area contributed by atoms with Crippen LogP contribution in [0.1, 0.15) is 21.6 Å². The van der Waals surface area contributed by atoms with Gasteiger partial charge in [0.1, 0.15) is 11.6 Å². The molecule has 1 N–H and O–H groups in total. The monoisotopic (exact) mass is 423 g/mol. The van der Waals surface area contributed by atoms with E-state index >= 15 is 0 Å². The molecule has 3 aromatic rings. The van der Waals surface area contributed by atoms with Gasteiger partial charge in [-0.2, -0.15) is 5.10 Å². The molecule has 0 saturated carbocycles. The predicted octanol–water partition coefficient (Wildman–Crippen LogP) is 4.33. The summed E-state index contributed by atoms with van der Waals surface area (Å²) in [4.78, 5) is 12.7. The zero-order valence-corrected chi connectivity index (χ0v) is 16.0. The summed E-state index contributed by atoms with van der Waals surface area (Å²) in [6.07, 6.45) is 0. The minimum absolute atomic E-state index is 0.00143. The number of benzene rings is 2. The van der Waals surface area contributed by atoms with E-state index in [2.05, 4.69) is 10.4 Å². The smallest absolute Gasteiger partial charge is 0.261 e. The fourth-order valence-electron chi connectivity index (χ4n) is 2.94. The van der Waals surface area contributed by atoms with Crippen molar-refractivity contribution in [3.63, 3.8) is 0 Å². The van der Waals surface area contributed by atoms with E-state index in [0.717, 1.165) is 6.07 Å². The first kappa shape index (κ1) is 18.2. The van der Waals surface area contributed by atoms with Gasteiger partial charge in [-0.05, 0) is 30.3 Å². The van der Waals surface area contributed by atoms with Crippen LogP contribution < -0.4 is 5.32 Å². The predicted molar refractivity (Wildman–Crippen MR) is 103 cm³/mol. The van der Waals surface area contributed by atoms with E-state index in [9.17, 15) is 13.4 Å². The minimum Gasteiger partial charge on any atom is -0.306 e. The summed E-state index contributed by atoms with van der Waals surface area (Å²) in [6, 6.07) is 11.0. The fourth-order valence-corrected chi connectivity index (χ4v) is 4.63. The third kappa shape index (κ3) is 3.38. The standard InChI is InChI=1S/C18H12Cl2FN3O2S/c19-10-3-1-4-11(7-10)24-17(12-8-27(26)9-15(12)23-24)22-18(25)16-13(20)5-2-6-14(16)21/h1-7H,8-9H2,(H,22,25). The number of fused-ring (bicyclic) bond motifs is 1. The number of aromatic nitrogens is 2. The van der Waals surface area contributed by atoms with Crippen molar-refractivity contribution in [3.05, 3.63) is 75.1 Å². The van der Waals surface area contributed by atoms with E-state index in [1.165, 1.54) is 16.8 Å². The number of amides is 1. The second-order valence-corrected chi connectivity index (χ2v) is 8.25. The van der Waals surface area contributed by atoms with Crippen LogP contribution in [-0.4, -0.2) is 19.9 Å². The third-order valence-electron chi connectivity index (χ3n) is 4.14. The van der Waals surface area contributed by atoms with Crippen molar-refractivity contribution in [2.24, 2.45) is 0 Å². The summed E-state index contributed by atoms with van der Waals surface area (Å²) in [5, 5.41) is 7.66. The number of nitrogens with zero attached hydrogens (tertiary/aromatic N) is 2. The molecule has 2 aromatic carbocycles. The largest absolute Gasteiger partial charge is 0.306 e. The number of halogens is 3. The van der Waals surface area contributed by atoms with Gasteiger partial charge in [0.15, 0.2) is 0 Å². The zero-order valence-electron chi connectivity index (χ0n) is 13.7. The lowest BCUT2D eigenvalue weighted by molar-refractivity contribution is 0.102. The molecule has 1 aliphatic heterocycles. The van der Waals surface area contributed by atoms with Gasteiger partial charge >= 0.3 is 0 Å². The first-order chi connectivity index (χ1) is 12.9. The molecule has 1 aromatic heterocycles. The average Bonchev–Trinajstić information content (AvgIpc) is 3.12. The lowest BCUT2D eigenvalue weighted by atomic mass is 10.2. The number of nitrogens with one attached hydrogen (secondary N) is 1. The van der Waals surface area contributed by atoms with E-state index in [1.54, 1.807) is 24.3 Å². The maximum atomic E-state index is 14.1. The highest BCUT2D eigenvalue weighted by Gasteiger charge is 2.29. The number of hydrogen-bond acceptors (Lipinski definition) is 3. The summed E-state index contributed by atoms with van der Waals surface area (Å²) in [7, 11) is -1.09. The molecular weight excluding hydrogens is 412 g/mol. The maximum absolute atomic E-state index is 14.1. The molecule has 138 valence electrons. The molecular formula is C18H12Cl2FN3O2S. The Hall–Kier alpha value is -2.22. The van der Waals surface area contributed by atoms with Crippen LogP contribution in [0, 0.1) is 5.82 Å². The Balaban J connectivity index is 1.80.